The van der Waals surface area contributed by atoms with Gasteiger partial charge >= 0.3 is 0 Å². The van der Waals surface area contributed by atoms with Crippen molar-refractivity contribution in [3.63, 3.8) is 0 Å². The first-order chi connectivity index (χ1) is 11.1. The number of amides is 1. The summed E-state index contributed by atoms with van der Waals surface area (Å²) in [5.41, 5.74) is 1.13. The van der Waals surface area contributed by atoms with Gasteiger partial charge in [-0.25, -0.2) is 8.42 Å². The Labute approximate surface area is 139 Å². The molecule has 1 aromatic carbocycles. The van der Waals surface area contributed by atoms with Gasteiger partial charge in [0.05, 0.1) is 5.75 Å². The number of hydrogen-bond donors (Lipinski definition) is 1. The lowest BCUT2D eigenvalue weighted by Crippen LogP contribution is -2.38. The lowest BCUT2D eigenvalue weighted by Gasteiger charge is -2.16. The van der Waals surface area contributed by atoms with Gasteiger partial charge in [0, 0.05) is 6.04 Å². The molecule has 1 amide bonds. The Balaban J connectivity index is 1.72. The number of carbonyl (C=O) groups is 1. The standard InChI is InChI=1S/C18H27NO3S/c20-18(19-17-12-6-1-2-7-13-17)15-23(21,22)14-8-11-16-9-4-3-5-10-16/h3-5,9-10,17H,1-2,6-8,11-15H2,(H,19,20). The maximum absolute atomic E-state index is 12.1. The molecule has 1 aliphatic rings. The van der Waals surface area contributed by atoms with Crippen molar-refractivity contribution >= 4 is 15.7 Å². The van der Waals surface area contributed by atoms with Crippen LogP contribution in [0, 0.1) is 0 Å². The summed E-state index contributed by atoms with van der Waals surface area (Å²) < 4.78 is 24.2. The molecule has 0 bridgehead atoms. The molecule has 1 fully saturated rings. The van der Waals surface area contributed by atoms with E-state index < -0.39 is 9.84 Å². The number of hydrogen-bond acceptors (Lipinski definition) is 3. The van der Waals surface area contributed by atoms with Crippen molar-refractivity contribution in [2.45, 2.75) is 57.4 Å². The summed E-state index contributed by atoms with van der Waals surface area (Å²) in [7, 11) is -3.32. The monoisotopic (exact) mass is 337 g/mol. The number of benzene rings is 1. The second kappa shape index (κ2) is 9.06. The Morgan fingerprint density at radius 1 is 1.04 bits per heavy atom. The highest BCUT2D eigenvalue weighted by Gasteiger charge is 2.20. The highest BCUT2D eigenvalue weighted by Crippen LogP contribution is 2.17. The van der Waals surface area contributed by atoms with Crippen molar-refractivity contribution < 1.29 is 13.2 Å². The Hall–Kier alpha value is -1.36. The molecule has 0 heterocycles. The Kier molecular flexibility index (Phi) is 7.09. The van der Waals surface area contributed by atoms with Gasteiger partial charge in [-0.15, -0.1) is 0 Å². The largest absolute Gasteiger partial charge is 0.352 e. The van der Waals surface area contributed by atoms with Crippen LogP contribution < -0.4 is 5.32 Å². The van der Waals surface area contributed by atoms with E-state index in [1.54, 1.807) is 0 Å². The molecular weight excluding hydrogens is 310 g/mol. The first-order valence-electron chi connectivity index (χ1n) is 8.59. The van der Waals surface area contributed by atoms with Crippen LogP contribution >= 0.6 is 0 Å². The summed E-state index contributed by atoms with van der Waals surface area (Å²) >= 11 is 0. The van der Waals surface area contributed by atoms with Crippen molar-refractivity contribution in [1.82, 2.24) is 5.32 Å². The normalized spacial score (nSPS) is 16.7. The topological polar surface area (TPSA) is 63.2 Å². The smallest absolute Gasteiger partial charge is 0.235 e. The van der Waals surface area contributed by atoms with E-state index in [0.717, 1.165) is 37.7 Å². The summed E-state index contributed by atoms with van der Waals surface area (Å²) in [5.74, 6) is -0.644. The minimum atomic E-state index is -3.32. The van der Waals surface area contributed by atoms with Crippen LogP contribution in [0.25, 0.3) is 0 Å². The van der Waals surface area contributed by atoms with Crippen LogP contribution in [0.1, 0.15) is 50.5 Å². The molecule has 0 saturated heterocycles. The van der Waals surface area contributed by atoms with E-state index in [4.69, 9.17) is 0 Å². The summed E-state index contributed by atoms with van der Waals surface area (Å²) in [5, 5.41) is 2.90. The number of nitrogens with one attached hydrogen (secondary N) is 1. The number of carbonyl (C=O) groups excluding carboxylic acids is 1. The molecule has 0 atom stereocenters. The van der Waals surface area contributed by atoms with E-state index in [1.807, 2.05) is 30.3 Å². The molecule has 23 heavy (non-hydrogen) atoms. The van der Waals surface area contributed by atoms with Gasteiger partial charge in [-0.05, 0) is 31.2 Å². The van der Waals surface area contributed by atoms with Crippen molar-refractivity contribution in [2.24, 2.45) is 0 Å². The van der Waals surface area contributed by atoms with Crippen molar-refractivity contribution in [3.8, 4) is 0 Å². The fourth-order valence-corrected chi connectivity index (χ4v) is 4.32. The highest BCUT2D eigenvalue weighted by atomic mass is 32.2. The number of aryl methyl sites for hydroxylation is 1. The summed E-state index contributed by atoms with van der Waals surface area (Å²) in [4.78, 5) is 12.0. The fraction of sp³-hybridized carbons (Fsp3) is 0.611. The van der Waals surface area contributed by atoms with Crippen LogP contribution in [-0.2, 0) is 21.1 Å². The zero-order valence-electron chi connectivity index (χ0n) is 13.7. The van der Waals surface area contributed by atoms with Crippen LogP contribution in [0.2, 0.25) is 0 Å². The summed E-state index contributed by atoms with van der Waals surface area (Å²) in [6.45, 7) is 0. The lowest BCUT2D eigenvalue weighted by atomic mass is 10.1. The van der Waals surface area contributed by atoms with Crippen molar-refractivity contribution in [2.75, 3.05) is 11.5 Å². The molecule has 2 rings (SSSR count). The minimum Gasteiger partial charge on any atom is -0.352 e. The SMILES string of the molecule is O=C(CS(=O)(=O)CCCc1ccccc1)NC1CCCCCC1. The van der Waals surface area contributed by atoms with Crippen LogP contribution in [0.15, 0.2) is 30.3 Å². The highest BCUT2D eigenvalue weighted by molar-refractivity contribution is 7.92. The summed E-state index contributed by atoms with van der Waals surface area (Å²) in [6.07, 6.45) is 7.89. The van der Waals surface area contributed by atoms with Crippen LogP contribution in [0.4, 0.5) is 0 Å². The molecule has 0 aliphatic heterocycles. The maximum atomic E-state index is 12.1. The molecule has 0 unspecified atom stereocenters. The van der Waals surface area contributed by atoms with Gasteiger partial charge in [0.25, 0.3) is 0 Å². The van der Waals surface area contributed by atoms with Gasteiger partial charge in [-0.1, -0.05) is 56.0 Å². The second-order valence-electron chi connectivity index (χ2n) is 6.44. The molecule has 128 valence electrons. The fourth-order valence-electron chi connectivity index (χ4n) is 3.11. The van der Waals surface area contributed by atoms with E-state index in [-0.39, 0.29) is 23.5 Å². The molecule has 0 aromatic heterocycles. The molecule has 0 radical (unpaired) electrons. The third kappa shape index (κ3) is 7.16. The average molecular weight is 337 g/mol. The van der Waals surface area contributed by atoms with E-state index in [0.29, 0.717) is 6.42 Å². The molecule has 1 N–H and O–H groups in total. The molecule has 1 saturated carbocycles. The minimum absolute atomic E-state index is 0.0694. The van der Waals surface area contributed by atoms with E-state index in [2.05, 4.69) is 5.32 Å². The van der Waals surface area contributed by atoms with E-state index in [9.17, 15) is 13.2 Å². The van der Waals surface area contributed by atoms with E-state index >= 15 is 0 Å². The van der Waals surface area contributed by atoms with Crippen molar-refractivity contribution in [3.05, 3.63) is 35.9 Å². The molecule has 4 nitrogen and oxygen atoms in total. The third-order valence-corrected chi connectivity index (χ3v) is 5.95. The van der Waals surface area contributed by atoms with Gasteiger partial charge in [0.2, 0.25) is 5.91 Å². The Morgan fingerprint density at radius 2 is 1.70 bits per heavy atom. The van der Waals surface area contributed by atoms with Crippen LogP contribution in [-0.4, -0.2) is 31.9 Å². The summed E-state index contributed by atoms with van der Waals surface area (Å²) in [6, 6.07) is 9.98. The van der Waals surface area contributed by atoms with Crippen molar-refractivity contribution in [1.29, 1.82) is 0 Å². The molecule has 1 aromatic rings. The van der Waals surface area contributed by atoms with Gasteiger partial charge in [-0.2, -0.15) is 0 Å². The second-order valence-corrected chi connectivity index (χ2v) is 8.62. The molecule has 1 aliphatic carbocycles. The van der Waals surface area contributed by atoms with Crippen LogP contribution in [0.5, 0.6) is 0 Å². The predicted octanol–water partition coefficient (Wildman–Crippen LogP) is 2.87. The lowest BCUT2D eigenvalue weighted by molar-refractivity contribution is -0.119. The average Bonchev–Trinajstić information content (AvgIpc) is 2.76. The van der Waals surface area contributed by atoms with Gasteiger partial charge in [0.1, 0.15) is 5.75 Å². The first-order valence-corrected chi connectivity index (χ1v) is 10.4. The molecular formula is C18H27NO3S. The van der Waals surface area contributed by atoms with Gasteiger partial charge in [-0.3, -0.25) is 4.79 Å². The Morgan fingerprint density at radius 3 is 2.35 bits per heavy atom. The van der Waals surface area contributed by atoms with E-state index in [1.165, 1.54) is 12.8 Å². The molecule has 5 heteroatoms. The maximum Gasteiger partial charge on any atom is 0.235 e. The van der Waals surface area contributed by atoms with Gasteiger partial charge < -0.3 is 5.32 Å². The Bertz CT molecular complexity index is 576. The zero-order chi connectivity index (χ0) is 16.5. The van der Waals surface area contributed by atoms with Gasteiger partial charge in [0.15, 0.2) is 9.84 Å². The first kappa shape index (κ1) is 18.0. The zero-order valence-corrected chi connectivity index (χ0v) is 14.5. The number of sulfone groups is 1. The van der Waals surface area contributed by atoms with Crippen LogP contribution in [0.3, 0.4) is 0 Å². The molecule has 0 spiro atoms. The number of rotatable bonds is 7. The predicted molar refractivity (Wildman–Crippen MR) is 93.0 cm³/mol. The third-order valence-electron chi connectivity index (χ3n) is 4.33. The quantitative estimate of drug-likeness (QED) is 0.778.